The molecule has 0 amide bonds. The quantitative estimate of drug-likeness (QED) is 0.0579. The first-order valence-electron chi connectivity index (χ1n) is 18.4. The van der Waals surface area contributed by atoms with Crippen LogP contribution in [0.3, 0.4) is 0 Å². The Kier molecular flexibility index (Phi) is 33.5. The highest BCUT2D eigenvalue weighted by Gasteiger charge is 2.02. The summed E-state index contributed by atoms with van der Waals surface area (Å²) in [5.41, 5.74) is 0. The van der Waals surface area contributed by atoms with Crippen molar-refractivity contribution in [2.75, 3.05) is 0 Å². The van der Waals surface area contributed by atoms with Crippen LogP contribution in [-0.2, 0) is 9.59 Å². The molecule has 0 aliphatic rings. The van der Waals surface area contributed by atoms with Gasteiger partial charge in [-0.25, -0.2) is 0 Å². The zero-order valence-corrected chi connectivity index (χ0v) is 27.6. The third-order valence-electron chi connectivity index (χ3n) is 8.51. The lowest BCUT2D eigenvalue weighted by Gasteiger charge is -2.03. The SMILES string of the molecule is CCCCCCCCCCCCCCCCCC(=O)/C=C/C(=O)CCCCCCCCCCCCCCCCC. The van der Waals surface area contributed by atoms with Crippen molar-refractivity contribution in [2.45, 2.75) is 219 Å². The van der Waals surface area contributed by atoms with Gasteiger partial charge in [0.15, 0.2) is 11.6 Å². The maximum Gasteiger partial charge on any atom is 0.155 e. The molecule has 2 heteroatoms. The Balaban J connectivity index is 3.34. The van der Waals surface area contributed by atoms with E-state index in [-0.39, 0.29) is 11.6 Å². The van der Waals surface area contributed by atoms with E-state index in [9.17, 15) is 9.59 Å². The third-order valence-corrected chi connectivity index (χ3v) is 8.51. The van der Waals surface area contributed by atoms with Crippen LogP contribution in [0.15, 0.2) is 12.2 Å². The molecule has 0 unspecified atom stereocenters. The van der Waals surface area contributed by atoms with Crippen LogP contribution in [0.25, 0.3) is 0 Å². The van der Waals surface area contributed by atoms with Crippen LogP contribution in [0.1, 0.15) is 219 Å². The standard InChI is InChI=1S/C38H72O2/c1-3-5-7-9-11-13-15-17-19-21-23-25-27-29-31-33-37(39)35-36-38(40)34-32-30-28-26-24-22-20-18-16-14-12-10-8-6-4-2/h35-36H,3-34H2,1-2H3/b36-35+. The second kappa shape index (κ2) is 34.3. The van der Waals surface area contributed by atoms with Crippen molar-refractivity contribution < 1.29 is 9.59 Å². The smallest absolute Gasteiger partial charge is 0.155 e. The van der Waals surface area contributed by atoms with Crippen LogP contribution in [0.5, 0.6) is 0 Å². The first-order valence-corrected chi connectivity index (χ1v) is 18.4. The van der Waals surface area contributed by atoms with E-state index in [0.29, 0.717) is 12.8 Å². The molecule has 0 bridgehead atoms. The predicted octanol–water partition coefficient (Wildman–Crippen LogP) is 13.2. The van der Waals surface area contributed by atoms with Crippen molar-refractivity contribution in [3.05, 3.63) is 12.2 Å². The molecule has 2 nitrogen and oxygen atoms in total. The average Bonchev–Trinajstić information content (AvgIpc) is 2.96. The minimum Gasteiger partial charge on any atom is -0.295 e. The summed E-state index contributed by atoms with van der Waals surface area (Å²) in [7, 11) is 0. The fourth-order valence-corrected chi connectivity index (χ4v) is 5.69. The van der Waals surface area contributed by atoms with Gasteiger partial charge < -0.3 is 0 Å². The van der Waals surface area contributed by atoms with Crippen molar-refractivity contribution in [1.29, 1.82) is 0 Å². The van der Waals surface area contributed by atoms with E-state index < -0.39 is 0 Å². The van der Waals surface area contributed by atoms with E-state index in [2.05, 4.69) is 13.8 Å². The van der Waals surface area contributed by atoms with E-state index in [1.165, 1.54) is 179 Å². The summed E-state index contributed by atoms with van der Waals surface area (Å²) in [6, 6.07) is 0. The van der Waals surface area contributed by atoms with E-state index in [1.807, 2.05) is 0 Å². The van der Waals surface area contributed by atoms with Crippen molar-refractivity contribution in [1.82, 2.24) is 0 Å². The topological polar surface area (TPSA) is 34.1 Å². The Morgan fingerprint density at radius 3 is 0.675 bits per heavy atom. The monoisotopic (exact) mass is 561 g/mol. The summed E-state index contributed by atoms with van der Waals surface area (Å²) in [5.74, 6) is 0.249. The second-order valence-electron chi connectivity index (χ2n) is 12.7. The molecule has 0 saturated heterocycles. The lowest BCUT2D eigenvalue weighted by atomic mass is 10.0. The molecule has 0 saturated carbocycles. The fraction of sp³-hybridized carbons (Fsp3) is 0.895. The number of unbranched alkanes of at least 4 members (excludes halogenated alkanes) is 28. The minimum absolute atomic E-state index is 0.125. The van der Waals surface area contributed by atoms with Gasteiger partial charge in [-0.05, 0) is 25.0 Å². The highest BCUT2D eigenvalue weighted by Crippen LogP contribution is 2.15. The van der Waals surface area contributed by atoms with E-state index >= 15 is 0 Å². The third kappa shape index (κ3) is 33.3. The van der Waals surface area contributed by atoms with Gasteiger partial charge in [-0.2, -0.15) is 0 Å². The van der Waals surface area contributed by atoms with Gasteiger partial charge in [-0.15, -0.1) is 0 Å². The number of carbonyl (C=O) groups is 2. The Bertz CT molecular complexity index is 502. The molecular formula is C38H72O2. The average molecular weight is 561 g/mol. The number of carbonyl (C=O) groups excluding carboxylic acids is 2. The molecular weight excluding hydrogens is 488 g/mol. The van der Waals surface area contributed by atoms with Crippen molar-refractivity contribution in [3.63, 3.8) is 0 Å². The van der Waals surface area contributed by atoms with Gasteiger partial charge in [-0.1, -0.05) is 194 Å². The molecule has 0 radical (unpaired) electrons. The maximum absolute atomic E-state index is 12.1. The van der Waals surface area contributed by atoms with Crippen LogP contribution in [0, 0.1) is 0 Å². The number of rotatable bonds is 34. The summed E-state index contributed by atoms with van der Waals surface area (Å²) < 4.78 is 0. The van der Waals surface area contributed by atoms with Crippen LogP contribution < -0.4 is 0 Å². The van der Waals surface area contributed by atoms with Crippen LogP contribution in [0.4, 0.5) is 0 Å². The molecule has 0 aliphatic heterocycles. The van der Waals surface area contributed by atoms with Crippen LogP contribution in [0.2, 0.25) is 0 Å². The molecule has 0 aromatic carbocycles. The Morgan fingerprint density at radius 2 is 0.475 bits per heavy atom. The molecule has 236 valence electrons. The number of hydrogen-bond donors (Lipinski definition) is 0. The molecule has 0 atom stereocenters. The molecule has 0 spiro atoms. The van der Waals surface area contributed by atoms with Gasteiger partial charge >= 0.3 is 0 Å². The van der Waals surface area contributed by atoms with Crippen molar-refractivity contribution in [2.24, 2.45) is 0 Å². The van der Waals surface area contributed by atoms with E-state index in [0.717, 1.165) is 25.7 Å². The minimum atomic E-state index is 0.125. The largest absolute Gasteiger partial charge is 0.295 e. The van der Waals surface area contributed by atoms with Crippen LogP contribution in [-0.4, -0.2) is 11.6 Å². The lowest BCUT2D eigenvalue weighted by Crippen LogP contribution is -1.97. The molecule has 0 fully saturated rings. The Morgan fingerprint density at radius 1 is 0.300 bits per heavy atom. The van der Waals surface area contributed by atoms with E-state index in [4.69, 9.17) is 0 Å². The van der Waals surface area contributed by atoms with Gasteiger partial charge in [-0.3, -0.25) is 9.59 Å². The number of hydrogen-bond acceptors (Lipinski definition) is 2. The normalized spacial score (nSPS) is 11.6. The Hall–Kier alpha value is -0.920. The maximum atomic E-state index is 12.1. The summed E-state index contributed by atoms with van der Waals surface area (Å²) in [5, 5.41) is 0. The van der Waals surface area contributed by atoms with Gasteiger partial charge in [0.05, 0.1) is 0 Å². The molecule has 0 aliphatic carbocycles. The van der Waals surface area contributed by atoms with Gasteiger partial charge in [0.2, 0.25) is 0 Å². The molecule has 0 aromatic rings. The predicted molar refractivity (Wildman–Crippen MR) is 178 cm³/mol. The van der Waals surface area contributed by atoms with Crippen molar-refractivity contribution in [3.8, 4) is 0 Å². The summed E-state index contributed by atoms with van der Waals surface area (Å²) in [4.78, 5) is 24.1. The van der Waals surface area contributed by atoms with Gasteiger partial charge in [0, 0.05) is 12.8 Å². The summed E-state index contributed by atoms with van der Waals surface area (Å²) >= 11 is 0. The molecule has 0 rings (SSSR count). The van der Waals surface area contributed by atoms with Crippen LogP contribution >= 0.6 is 0 Å². The highest BCUT2D eigenvalue weighted by atomic mass is 16.1. The molecule has 0 heterocycles. The first-order chi connectivity index (χ1) is 19.7. The van der Waals surface area contributed by atoms with Gasteiger partial charge in [0.1, 0.15) is 0 Å². The first kappa shape index (κ1) is 39.1. The summed E-state index contributed by atoms with van der Waals surface area (Å²) in [6.45, 7) is 4.56. The second-order valence-corrected chi connectivity index (χ2v) is 12.7. The zero-order valence-electron chi connectivity index (χ0n) is 27.6. The molecule has 0 aromatic heterocycles. The molecule has 0 N–H and O–H groups in total. The van der Waals surface area contributed by atoms with E-state index in [1.54, 1.807) is 0 Å². The highest BCUT2D eigenvalue weighted by molar-refractivity contribution is 5.98. The number of allylic oxidation sites excluding steroid dienone is 2. The summed E-state index contributed by atoms with van der Waals surface area (Å²) in [6.07, 6.45) is 44.4. The fourth-order valence-electron chi connectivity index (χ4n) is 5.69. The number of ketones is 2. The zero-order chi connectivity index (χ0) is 29.2. The van der Waals surface area contributed by atoms with Crippen molar-refractivity contribution >= 4 is 11.6 Å². The Labute approximate surface area is 252 Å². The van der Waals surface area contributed by atoms with Gasteiger partial charge in [0.25, 0.3) is 0 Å². The lowest BCUT2D eigenvalue weighted by molar-refractivity contribution is -0.116. The molecule has 40 heavy (non-hydrogen) atoms.